The minimum absolute atomic E-state index is 0.0727. The number of allylic oxidation sites excluding steroid dienone is 2. The van der Waals surface area contributed by atoms with Gasteiger partial charge in [-0.3, -0.25) is 9.89 Å². The van der Waals surface area contributed by atoms with Gasteiger partial charge in [-0.25, -0.2) is 0 Å². The molecule has 2 N–H and O–H groups in total. The van der Waals surface area contributed by atoms with Gasteiger partial charge < -0.3 is 5.32 Å². The van der Waals surface area contributed by atoms with E-state index in [0.717, 1.165) is 45.4 Å². The number of aromatic nitrogens is 2. The molecular weight excluding hydrogens is 393 g/mol. The Morgan fingerprint density at radius 1 is 1.11 bits per heavy atom. The largest absolute Gasteiger partial charge is 0.358 e. The highest BCUT2D eigenvalue weighted by atomic mass is 35.5. The Balaban J connectivity index is 1.83. The van der Waals surface area contributed by atoms with E-state index in [1.54, 1.807) is 6.07 Å². The number of hydrogen-bond acceptors (Lipinski definition) is 3. The molecule has 1 aliphatic heterocycles. The number of benzene rings is 2. The summed E-state index contributed by atoms with van der Waals surface area (Å²) in [6.07, 6.45) is 3.16. The molecule has 5 rings (SSSR count). The second-order valence-electron chi connectivity index (χ2n) is 8.45. The molecule has 1 atom stereocenters. The molecule has 142 valence electrons. The zero-order valence-corrected chi connectivity index (χ0v) is 17.1. The zero-order valence-electron chi connectivity index (χ0n) is 15.6. The first kappa shape index (κ1) is 17.8. The summed E-state index contributed by atoms with van der Waals surface area (Å²) in [6, 6.07) is 9.59. The predicted molar refractivity (Wildman–Crippen MR) is 113 cm³/mol. The lowest BCUT2D eigenvalue weighted by molar-refractivity contribution is -0.118. The number of Topliss-reactive ketones (excluding diaryl/α,β-unsaturated/α-hetero) is 1. The lowest BCUT2D eigenvalue weighted by Gasteiger charge is -2.39. The number of carbonyl (C=O) groups excluding carboxylic acids is 1. The summed E-state index contributed by atoms with van der Waals surface area (Å²) < 4.78 is 0. The van der Waals surface area contributed by atoms with E-state index >= 15 is 0 Å². The second-order valence-corrected chi connectivity index (χ2v) is 9.32. The Bertz CT molecular complexity index is 1160. The van der Waals surface area contributed by atoms with Crippen molar-refractivity contribution in [3.63, 3.8) is 0 Å². The number of ketones is 1. The second kappa shape index (κ2) is 6.10. The Morgan fingerprint density at radius 3 is 2.61 bits per heavy atom. The van der Waals surface area contributed by atoms with E-state index in [0.29, 0.717) is 16.5 Å². The minimum atomic E-state index is -0.229. The van der Waals surface area contributed by atoms with Crippen LogP contribution in [0.4, 0.5) is 5.69 Å². The maximum absolute atomic E-state index is 13.3. The van der Waals surface area contributed by atoms with Crippen LogP contribution in [-0.2, 0) is 4.79 Å². The Kier molecular flexibility index (Phi) is 3.87. The van der Waals surface area contributed by atoms with Gasteiger partial charge in [-0.2, -0.15) is 5.10 Å². The van der Waals surface area contributed by atoms with Gasteiger partial charge in [-0.15, -0.1) is 0 Å². The van der Waals surface area contributed by atoms with Crippen LogP contribution >= 0.6 is 23.2 Å². The van der Waals surface area contributed by atoms with E-state index in [4.69, 9.17) is 23.2 Å². The van der Waals surface area contributed by atoms with Gasteiger partial charge in [0.15, 0.2) is 5.78 Å². The Labute approximate surface area is 172 Å². The molecule has 1 aliphatic carbocycles. The number of halogens is 2. The van der Waals surface area contributed by atoms with Gasteiger partial charge in [0.05, 0.1) is 11.7 Å². The third-order valence-corrected chi connectivity index (χ3v) is 6.10. The number of anilines is 1. The first-order chi connectivity index (χ1) is 13.3. The maximum atomic E-state index is 13.3. The number of nitrogens with zero attached hydrogens (tertiary/aromatic N) is 1. The maximum Gasteiger partial charge on any atom is 0.162 e. The van der Waals surface area contributed by atoms with Gasteiger partial charge in [0.1, 0.15) is 0 Å². The fraction of sp³-hybridized carbons (Fsp3) is 0.273. The molecule has 2 heterocycles. The summed E-state index contributed by atoms with van der Waals surface area (Å²) in [6.45, 7) is 4.27. The summed E-state index contributed by atoms with van der Waals surface area (Å²) >= 11 is 12.7. The van der Waals surface area contributed by atoms with Crippen LogP contribution in [-0.4, -0.2) is 16.0 Å². The van der Waals surface area contributed by atoms with Gasteiger partial charge in [0.25, 0.3) is 0 Å². The van der Waals surface area contributed by atoms with E-state index in [2.05, 4.69) is 29.4 Å². The Morgan fingerprint density at radius 2 is 1.86 bits per heavy atom. The third-order valence-electron chi connectivity index (χ3n) is 5.67. The summed E-state index contributed by atoms with van der Waals surface area (Å²) in [5, 5.41) is 12.9. The average molecular weight is 412 g/mol. The van der Waals surface area contributed by atoms with Crippen LogP contribution in [0.1, 0.15) is 43.7 Å². The molecule has 0 radical (unpaired) electrons. The van der Waals surface area contributed by atoms with Crippen LogP contribution in [0.25, 0.3) is 10.9 Å². The summed E-state index contributed by atoms with van der Waals surface area (Å²) in [7, 11) is 0. The van der Waals surface area contributed by atoms with Crippen molar-refractivity contribution in [2.45, 2.75) is 32.6 Å². The highest BCUT2D eigenvalue weighted by molar-refractivity contribution is 6.34. The molecular formula is C22H19Cl2N3O. The Hall–Kier alpha value is -2.30. The van der Waals surface area contributed by atoms with E-state index in [1.807, 2.05) is 30.5 Å². The lowest BCUT2D eigenvalue weighted by atomic mass is 9.68. The molecule has 0 saturated heterocycles. The highest BCUT2D eigenvalue weighted by Gasteiger charge is 2.41. The fourth-order valence-electron chi connectivity index (χ4n) is 4.62. The van der Waals surface area contributed by atoms with Crippen molar-refractivity contribution in [2.75, 3.05) is 5.32 Å². The molecule has 1 unspecified atom stereocenters. The molecule has 28 heavy (non-hydrogen) atoms. The number of carbonyl (C=O) groups is 1. The average Bonchev–Trinajstić information content (AvgIpc) is 3.06. The molecule has 2 aromatic carbocycles. The van der Waals surface area contributed by atoms with Crippen LogP contribution in [0.5, 0.6) is 0 Å². The smallest absolute Gasteiger partial charge is 0.162 e. The van der Waals surface area contributed by atoms with Crippen LogP contribution in [0.3, 0.4) is 0 Å². The van der Waals surface area contributed by atoms with Crippen LogP contribution in [0.2, 0.25) is 10.0 Å². The molecule has 1 aromatic heterocycles. The molecule has 6 heteroatoms. The van der Waals surface area contributed by atoms with Gasteiger partial charge >= 0.3 is 0 Å². The SMILES string of the molecule is CC1(C)CC(=O)C2=C(C1)Nc1ccc3[nH]ncc3c1C2c1cc(Cl)cc(Cl)c1. The van der Waals surface area contributed by atoms with Crippen LogP contribution in [0.15, 0.2) is 47.8 Å². The van der Waals surface area contributed by atoms with Gasteiger partial charge in [0, 0.05) is 44.7 Å². The fourth-order valence-corrected chi connectivity index (χ4v) is 5.17. The first-order valence-electron chi connectivity index (χ1n) is 9.28. The lowest BCUT2D eigenvalue weighted by Crippen LogP contribution is -2.33. The molecule has 0 fully saturated rings. The topological polar surface area (TPSA) is 57.8 Å². The number of H-pyrrole nitrogens is 1. The number of nitrogens with one attached hydrogen (secondary N) is 2. The third kappa shape index (κ3) is 2.75. The molecule has 4 nitrogen and oxygen atoms in total. The van der Waals surface area contributed by atoms with Crippen molar-refractivity contribution in [1.82, 2.24) is 10.2 Å². The normalized spacial score (nSPS) is 20.7. The molecule has 2 aliphatic rings. The predicted octanol–water partition coefficient (Wildman–Crippen LogP) is 6.07. The van der Waals surface area contributed by atoms with Gasteiger partial charge in [-0.1, -0.05) is 37.0 Å². The molecule has 3 aromatic rings. The van der Waals surface area contributed by atoms with Gasteiger partial charge in [-0.05, 0) is 53.3 Å². The number of hydrogen-bond donors (Lipinski definition) is 2. The van der Waals surface area contributed by atoms with Crippen molar-refractivity contribution < 1.29 is 4.79 Å². The highest BCUT2D eigenvalue weighted by Crippen LogP contribution is 2.51. The quantitative estimate of drug-likeness (QED) is 0.510. The summed E-state index contributed by atoms with van der Waals surface area (Å²) in [5.74, 6) is -0.0571. The van der Waals surface area contributed by atoms with Crippen molar-refractivity contribution in [3.05, 3.63) is 69.0 Å². The van der Waals surface area contributed by atoms with E-state index < -0.39 is 0 Å². The van der Waals surface area contributed by atoms with Crippen LogP contribution in [0, 0.1) is 5.41 Å². The number of aromatic amines is 1. The minimum Gasteiger partial charge on any atom is -0.358 e. The van der Waals surface area contributed by atoms with Crippen molar-refractivity contribution in [2.24, 2.45) is 5.41 Å². The van der Waals surface area contributed by atoms with Crippen molar-refractivity contribution in [3.8, 4) is 0 Å². The molecule has 0 saturated carbocycles. The molecule has 0 spiro atoms. The summed E-state index contributed by atoms with van der Waals surface area (Å²) in [4.78, 5) is 13.3. The van der Waals surface area contributed by atoms with E-state index in [-0.39, 0.29) is 17.1 Å². The van der Waals surface area contributed by atoms with E-state index in [1.165, 1.54) is 0 Å². The van der Waals surface area contributed by atoms with Crippen molar-refractivity contribution in [1.29, 1.82) is 0 Å². The van der Waals surface area contributed by atoms with Crippen molar-refractivity contribution >= 4 is 45.6 Å². The standard InChI is InChI=1S/C22H19Cl2N3O/c1-22(2)8-17-21(18(28)9-22)19(11-5-12(23)7-13(24)6-11)20-14-10-25-27-15(14)3-4-16(20)26-17/h3-7,10,19,26H,8-9H2,1-2H3,(H,25,27). The van der Waals surface area contributed by atoms with Gasteiger partial charge in [0.2, 0.25) is 0 Å². The molecule has 0 amide bonds. The zero-order chi connectivity index (χ0) is 19.6. The number of fused-ring (bicyclic) bond motifs is 3. The molecule has 0 bridgehead atoms. The first-order valence-corrected chi connectivity index (χ1v) is 10.0. The summed E-state index contributed by atoms with van der Waals surface area (Å²) in [5.41, 5.74) is 5.64. The van der Waals surface area contributed by atoms with Crippen LogP contribution < -0.4 is 5.32 Å². The van der Waals surface area contributed by atoms with E-state index in [9.17, 15) is 4.79 Å². The monoisotopic (exact) mass is 411 g/mol. The number of rotatable bonds is 1.